The second kappa shape index (κ2) is 5.32. The van der Waals surface area contributed by atoms with Crippen LogP contribution in [-0.4, -0.2) is 0 Å². The van der Waals surface area contributed by atoms with Crippen molar-refractivity contribution in [3.05, 3.63) is 34.7 Å². The summed E-state index contributed by atoms with van der Waals surface area (Å²) in [7, 11) is 2.69. The molecule has 1 heteroatoms. The van der Waals surface area contributed by atoms with Gasteiger partial charge >= 0.3 is 0 Å². The standard InChI is InChI=1S/C10H17P/c1-5-8(3)10(6-2)7-9(4)11/h5-7H,11H2,1-4H3/b8-5-,9-7+,10-6-. The summed E-state index contributed by atoms with van der Waals surface area (Å²) in [4.78, 5) is 0. The van der Waals surface area contributed by atoms with E-state index in [9.17, 15) is 0 Å². The molecule has 1 atom stereocenters. The van der Waals surface area contributed by atoms with Crippen molar-refractivity contribution >= 4 is 9.24 Å². The summed E-state index contributed by atoms with van der Waals surface area (Å²) in [5.41, 5.74) is 2.63. The van der Waals surface area contributed by atoms with E-state index in [1.807, 2.05) is 0 Å². The third-order valence-electron chi connectivity index (χ3n) is 1.58. The van der Waals surface area contributed by atoms with Gasteiger partial charge in [-0.2, -0.15) is 0 Å². The van der Waals surface area contributed by atoms with Crippen molar-refractivity contribution in [2.24, 2.45) is 0 Å². The van der Waals surface area contributed by atoms with Gasteiger partial charge in [0, 0.05) is 0 Å². The first kappa shape index (κ1) is 10.7. The van der Waals surface area contributed by atoms with Crippen LogP contribution in [0.1, 0.15) is 27.7 Å². The van der Waals surface area contributed by atoms with Crippen LogP contribution in [0.4, 0.5) is 0 Å². The molecule has 0 saturated carbocycles. The average molecular weight is 168 g/mol. The van der Waals surface area contributed by atoms with E-state index in [-0.39, 0.29) is 0 Å². The van der Waals surface area contributed by atoms with Crippen LogP contribution in [0.15, 0.2) is 34.7 Å². The minimum absolute atomic E-state index is 1.26. The molecule has 0 N–H and O–H groups in total. The Kier molecular flexibility index (Phi) is 5.15. The van der Waals surface area contributed by atoms with Crippen molar-refractivity contribution in [2.45, 2.75) is 27.7 Å². The highest BCUT2D eigenvalue weighted by molar-refractivity contribution is 7.22. The van der Waals surface area contributed by atoms with Crippen LogP contribution in [-0.2, 0) is 0 Å². The maximum atomic E-state index is 2.69. The zero-order valence-corrected chi connectivity index (χ0v) is 8.96. The molecule has 0 bridgehead atoms. The quantitative estimate of drug-likeness (QED) is 0.436. The molecule has 0 aromatic carbocycles. The molecule has 0 radical (unpaired) electrons. The van der Waals surface area contributed by atoms with Gasteiger partial charge in [0.15, 0.2) is 0 Å². The lowest BCUT2D eigenvalue weighted by Crippen LogP contribution is -1.79. The third kappa shape index (κ3) is 4.16. The Balaban J connectivity index is 4.59. The van der Waals surface area contributed by atoms with E-state index in [1.54, 1.807) is 0 Å². The van der Waals surface area contributed by atoms with Crippen molar-refractivity contribution in [3.8, 4) is 0 Å². The van der Waals surface area contributed by atoms with E-state index in [1.165, 1.54) is 16.5 Å². The SMILES string of the molecule is C\C=C(C)/C(=C\C)/C=C(\C)P. The molecule has 0 rings (SSSR count). The van der Waals surface area contributed by atoms with Crippen LogP contribution in [0, 0.1) is 0 Å². The molecular weight excluding hydrogens is 151 g/mol. The number of allylic oxidation sites excluding steroid dienone is 6. The maximum Gasteiger partial charge on any atom is -0.0271 e. The van der Waals surface area contributed by atoms with Crippen LogP contribution in [0.5, 0.6) is 0 Å². The summed E-state index contributed by atoms with van der Waals surface area (Å²) >= 11 is 0. The zero-order valence-electron chi connectivity index (χ0n) is 7.81. The Morgan fingerprint density at radius 2 is 1.64 bits per heavy atom. The molecule has 0 saturated heterocycles. The molecule has 0 aliphatic carbocycles. The predicted molar refractivity (Wildman–Crippen MR) is 56.7 cm³/mol. The first-order valence-corrected chi connectivity index (χ1v) is 4.43. The summed E-state index contributed by atoms with van der Waals surface area (Å²) in [6.07, 6.45) is 6.42. The van der Waals surface area contributed by atoms with Crippen LogP contribution in [0.3, 0.4) is 0 Å². The first-order chi connectivity index (χ1) is 5.11. The molecule has 0 aromatic rings. The number of hydrogen-bond donors (Lipinski definition) is 0. The minimum atomic E-state index is 1.26. The highest BCUT2D eigenvalue weighted by Gasteiger charge is 1.91. The normalized spacial score (nSPS) is 15.5. The van der Waals surface area contributed by atoms with Gasteiger partial charge in [-0.15, -0.1) is 9.24 Å². The summed E-state index contributed by atoms with van der Waals surface area (Å²) in [5, 5.41) is 1.26. The Labute approximate surface area is 72.3 Å². The second-order valence-corrected chi connectivity index (χ2v) is 3.51. The summed E-state index contributed by atoms with van der Waals surface area (Å²) in [6, 6.07) is 0. The Hall–Kier alpha value is -0.350. The van der Waals surface area contributed by atoms with Crippen LogP contribution >= 0.6 is 9.24 Å². The lowest BCUT2D eigenvalue weighted by molar-refractivity contribution is 1.37. The van der Waals surface area contributed by atoms with Gasteiger partial charge in [0.05, 0.1) is 0 Å². The van der Waals surface area contributed by atoms with Gasteiger partial charge in [-0.3, -0.25) is 0 Å². The van der Waals surface area contributed by atoms with E-state index in [2.05, 4.69) is 55.2 Å². The van der Waals surface area contributed by atoms with Gasteiger partial charge in [0.25, 0.3) is 0 Å². The molecule has 0 amide bonds. The summed E-state index contributed by atoms with van der Waals surface area (Å²) in [5.74, 6) is 0. The van der Waals surface area contributed by atoms with Crippen molar-refractivity contribution in [1.82, 2.24) is 0 Å². The second-order valence-electron chi connectivity index (χ2n) is 2.60. The van der Waals surface area contributed by atoms with Gasteiger partial charge in [-0.25, -0.2) is 0 Å². The molecule has 11 heavy (non-hydrogen) atoms. The van der Waals surface area contributed by atoms with Crippen LogP contribution in [0.25, 0.3) is 0 Å². The predicted octanol–water partition coefficient (Wildman–Crippen LogP) is 3.68. The van der Waals surface area contributed by atoms with Gasteiger partial charge in [-0.1, -0.05) is 23.5 Å². The van der Waals surface area contributed by atoms with Gasteiger partial charge in [0.1, 0.15) is 0 Å². The van der Waals surface area contributed by atoms with Crippen molar-refractivity contribution in [1.29, 1.82) is 0 Å². The van der Waals surface area contributed by atoms with Crippen LogP contribution in [0.2, 0.25) is 0 Å². The van der Waals surface area contributed by atoms with Crippen molar-refractivity contribution in [2.75, 3.05) is 0 Å². The van der Waals surface area contributed by atoms with E-state index in [4.69, 9.17) is 0 Å². The fourth-order valence-corrected chi connectivity index (χ4v) is 1.02. The number of hydrogen-bond acceptors (Lipinski definition) is 0. The molecule has 0 spiro atoms. The monoisotopic (exact) mass is 168 g/mol. The van der Waals surface area contributed by atoms with E-state index in [0.29, 0.717) is 0 Å². The zero-order chi connectivity index (χ0) is 8.85. The maximum absolute atomic E-state index is 2.69. The van der Waals surface area contributed by atoms with E-state index >= 15 is 0 Å². The van der Waals surface area contributed by atoms with Gasteiger partial charge in [0.2, 0.25) is 0 Å². The third-order valence-corrected chi connectivity index (χ3v) is 1.75. The van der Waals surface area contributed by atoms with E-state index < -0.39 is 0 Å². The molecule has 1 unspecified atom stereocenters. The highest BCUT2D eigenvalue weighted by atomic mass is 31.0. The fourth-order valence-electron chi connectivity index (χ4n) is 0.837. The number of rotatable bonds is 2. The molecule has 0 nitrogen and oxygen atoms in total. The first-order valence-electron chi connectivity index (χ1n) is 3.85. The van der Waals surface area contributed by atoms with E-state index in [0.717, 1.165) is 0 Å². The highest BCUT2D eigenvalue weighted by Crippen LogP contribution is 2.15. The van der Waals surface area contributed by atoms with Crippen LogP contribution < -0.4 is 0 Å². The molecule has 62 valence electrons. The molecule has 0 fully saturated rings. The molecule has 0 heterocycles. The smallest absolute Gasteiger partial charge is 0.0271 e. The topological polar surface area (TPSA) is 0 Å². The molecular formula is C10H17P. The Morgan fingerprint density at radius 1 is 1.09 bits per heavy atom. The molecule has 0 aromatic heterocycles. The lowest BCUT2D eigenvalue weighted by Gasteiger charge is -2.00. The Morgan fingerprint density at radius 3 is 1.91 bits per heavy atom. The summed E-state index contributed by atoms with van der Waals surface area (Å²) < 4.78 is 0. The minimum Gasteiger partial charge on any atom is -0.110 e. The van der Waals surface area contributed by atoms with Gasteiger partial charge in [-0.05, 0) is 38.8 Å². The van der Waals surface area contributed by atoms with Crippen molar-refractivity contribution in [3.63, 3.8) is 0 Å². The lowest BCUT2D eigenvalue weighted by atomic mass is 10.1. The fraction of sp³-hybridized carbons (Fsp3) is 0.400. The summed E-state index contributed by atoms with van der Waals surface area (Å²) in [6.45, 7) is 8.33. The molecule has 0 aliphatic rings. The van der Waals surface area contributed by atoms with Crippen molar-refractivity contribution < 1.29 is 0 Å². The largest absolute Gasteiger partial charge is 0.110 e. The van der Waals surface area contributed by atoms with Gasteiger partial charge < -0.3 is 0 Å². The molecule has 0 aliphatic heterocycles. The average Bonchev–Trinajstić information content (AvgIpc) is 1.98. The Bertz CT molecular complexity index is 203.